The first kappa shape index (κ1) is 15.7. The van der Waals surface area contributed by atoms with E-state index in [9.17, 15) is 4.79 Å². The molecule has 2 aliphatic rings. The van der Waals surface area contributed by atoms with Crippen LogP contribution < -0.4 is 11.1 Å². The molecule has 0 radical (unpaired) electrons. The van der Waals surface area contributed by atoms with Gasteiger partial charge in [-0.15, -0.1) is 0 Å². The molecule has 0 heterocycles. The highest BCUT2D eigenvalue weighted by atomic mass is 16.5. The predicted molar refractivity (Wildman–Crippen MR) is 79.4 cm³/mol. The molecule has 2 saturated carbocycles. The average Bonchev–Trinajstić information content (AvgIpc) is 3.23. The van der Waals surface area contributed by atoms with E-state index in [4.69, 9.17) is 10.5 Å². The first-order valence-corrected chi connectivity index (χ1v) is 7.78. The number of primary amides is 1. The van der Waals surface area contributed by atoms with Crippen molar-refractivity contribution in [2.75, 3.05) is 20.3 Å². The predicted octanol–water partition coefficient (Wildman–Crippen LogP) is 0.872. The Morgan fingerprint density at radius 3 is 2.55 bits per heavy atom. The number of carbonyl (C=O) groups is 1. The maximum absolute atomic E-state index is 11.9. The van der Waals surface area contributed by atoms with E-state index >= 15 is 0 Å². The standard InChI is InChI=1S/C15H29N3O2/c1-11(18(8-9-20-3)13-6-7-13)10-15(2,14(16)19)17-12-4-5-12/h11-13,17H,4-10H2,1-3H3,(H2,16,19). The van der Waals surface area contributed by atoms with Crippen LogP contribution in [0.1, 0.15) is 46.0 Å². The summed E-state index contributed by atoms with van der Waals surface area (Å²) in [5.74, 6) is -0.237. The molecule has 0 spiro atoms. The lowest BCUT2D eigenvalue weighted by Crippen LogP contribution is -2.57. The molecule has 3 N–H and O–H groups in total. The number of hydrogen-bond acceptors (Lipinski definition) is 4. The van der Waals surface area contributed by atoms with Crippen molar-refractivity contribution in [2.45, 2.75) is 69.6 Å². The molecular formula is C15H29N3O2. The van der Waals surface area contributed by atoms with Crippen LogP contribution in [0, 0.1) is 0 Å². The maximum Gasteiger partial charge on any atom is 0.237 e. The number of nitrogens with two attached hydrogens (primary N) is 1. The Bertz CT molecular complexity index is 342. The van der Waals surface area contributed by atoms with Gasteiger partial charge < -0.3 is 15.8 Å². The van der Waals surface area contributed by atoms with E-state index in [1.54, 1.807) is 7.11 Å². The molecule has 0 bridgehead atoms. The number of amides is 1. The van der Waals surface area contributed by atoms with Crippen molar-refractivity contribution in [3.63, 3.8) is 0 Å². The summed E-state index contributed by atoms with van der Waals surface area (Å²) < 4.78 is 5.20. The van der Waals surface area contributed by atoms with Crippen LogP contribution in [-0.4, -0.2) is 54.7 Å². The molecule has 2 rings (SSSR count). The van der Waals surface area contributed by atoms with Gasteiger partial charge in [-0.25, -0.2) is 0 Å². The van der Waals surface area contributed by atoms with Crippen LogP contribution in [0.15, 0.2) is 0 Å². The van der Waals surface area contributed by atoms with E-state index in [0.29, 0.717) is 18.1 Å². The summed E-state index contributed by atoms with van der Waals surface area (Å²) in [6, 6.07) is 1.48. The van der Waals surface area contributed by atoms with Crippen LogP contribution in [0.25, 0.3) is 0 Å². The summed E-state index contributed by atoms with van der Waals surface area (Å²) in [6.45, 7) is 5.82. The fourth-order valence-corrected chi connectivity index (χ4v) is 2.98. The molecule has 0 aromatic rings. The van der Waals surface area contributed by atoms with Gasteiger partial charge in [0, 0.05) is 31.8 Å². The number of nitrogens with zero attached hydrogens (tertiary/aromatic N) is 1. The highest BCUT2D eigenvalue weighted by molar-refractivity contribution is 5.84. The van der Waals surface area contributed by atoms with Gasteiger partial charge in [0.25, 0.3) is 0 Å². The molecular weight excluding hydrogens is 254 g/mol. The molecule has 0 saturated heterocycles. The third-order valence-corrected chi connectivity index (χ3v) is 4.48. The molecule has 5 heteroatoms. The van der Waals surface area contributed by atoms with Crippen molar-refractivity contribution in [1.82, 2.24) is 10.2 Å². The number of nitrogens with one attached hydrogen (secondary N) is 1. The normalized spacial score (nSPS) is 23.6. The SMILES string of the molecule is COCCN(C(C)CC(C)(NC1CC1)C(N)=O)C1CC1. The Kier molecular flexibility index (Phi) is 5.04. The fraction of sp³-hybridized carbons (Fsp3) is 0.933. The molecule has 1 amide bonds. The van der Waals surface area contributed by atoms with Crippen LogP contribution in [0.3, 0.4) is 0 Å². The van der Waals surface area contributed by atoms with Gasteiger partial charge >= 0.3 is 0 Å². The lowest BCUT2D eigenvalue weighted by molar-refractivity contribution is -0.124. The maximum atomic E-state index is 11.9. The summed E-state index contributed by atoms with van der Waals surface area (Å²) in [5, 5.41) is 3.44. The number of methoxy groups -OCH3 is 1. The Morgan fingerprint density at radius 2 is 2.10 bits per heavy atom. The lowest BCUT2D eigenvalue weighted by atomic mass is 9.91. The highest BCUT2D eigenvalue weighted by Crippen LogP contribution is 2.31. The summed E-state index contributed by atoms with van der Waals surface area (Å²) in [5.41, 5.74) is 5.05. The second-order valence-electron chi connectivity index (χ2n) is 6.63. The third-order valence-electron chi connectivity index (χ3n) is 4.48. The van der Waals surface area contributed by atoms with E-state index < -0.39 is 5.54 Å². The molecule has 20 heavy (non-hydrogen) atoms. The summed E-state index contributed by atoms with van der Waals surface area (Å²) in [4.78, 5) is 14.3. The molecule has 0 aromatic carbocycles. The highest BCUT2D eigenvalue weighted by Gasteiger charge is 2.41. The quantitative estimate of drug-likeness (QED) is 0.624. The van der Waals surface area contributed by atoms with Crippen molar-refractivity contribution in [1.29, 1.82) is 0 Å². The molecule has 2 aliphatic carbocycles. The van der Waals surface area contributed by atoms with Gasteiger partial charge in [0.1, 0.15) is 0 Å². The third kappa shape index (κ3) is 4.17. The Hall–Kier alpha value is -0.650. The van der Waals surface area contributed by atoms with Crippen LogP contribution in [0.2, 0.25) is 0 Å². The minimum absolute atomic E-state index is 0.237. The molecule has 2 atom stereocenters. The Morgan fingerprint density at radius 1 is 1.45 bits per heavy atom. The zero-order chi connectivity index (χ0) is 14.8. The van der Waals surface area contributed by atoms with E-state index in [-0.39, 0.29) is 5.91 Å². The topological polar surface area (TPSA) is 67.6 Å². The lowest BCUT2D eigenvalue weighted by Gasteiger charge is -2.36. The van der Waals surface area contributed by atoms with Crippen molar-refractivity contribution in [3.8, 4) is 0 Å². The van der Waals surface area contributed by atoms with Gasteiger partial charge in [0.2, 0.25) is 5.91 Å². The summed E-state index contributed by atoms with van der Waals surface area (Å²) >= 11 is 0. The minimum Gasteiger partial charge on any atom is -0.383 e. The second kappa shape index (κ2) is 6.41. The van der Waals surface area contributed by atoms with Gasteiger partial charge in [0.15, 0.2) is 0 Å². The zero-order valence-corrected chi connectivity index (χ0v) is 13.0. The second-order valence-corrected chi connectivity index (χ2v) is 6.63. The minimum atomic E-state index is -0.596. The van der Waals surface area contributed by atoms with E-state index in [1.165, 1.54) is 12.8 Å². The summed E-state index contributed by atoms with van der Waals surface area (Å²) in [6.07, 6.45) is 5.61. The van der Waals surface area contributed by atoms with Crippen molar-refractivity contribution < 1.29 is 9.53 Å². The van der Waals surface area contributed by atoms with Crippen LogP contribution in [0.4, 0.5) is 0 Å². The van der Waals surface area contributed by atoms with E-state index in [1.807, 2.05) is 6.92 Å². The van der Waals surface area contributed by atoms with Crippen molar-refractivity contribution >= 4 is 5.91 Å². The first-order valence-electron chi connectivity index (χ1n) is 7.78. The number of carbonyl (C=O) groups excluding carboxylic acids is 1. The zero-order valence-electron chi connectivity index (χ0n) is 13.0. The average molecular weight is 283 g/mol. The fourth-order valence-electron chi connectivity index (χ4n) is 2.98. The molecule has 2 fully saturated rings. The van der Waals surface area contributed by atoms with Gasteiger partial charge in [-0.05, 0) is 46.0 Å². The largest absolute Gasteiger partial charge is 0.383 e. The number of hydrogen-bond donors (Lipinski definition) is 2. The Balaban J connectivity index is 1.94. The Labute approximate surface area is 122 Å². The van der Waals surface area contributed by atoms with E-state index in [0.717, 1.165) is 32.4 Å². The first-order chi connectivity index (χ1) is 9.46. The van der Waals surface area contributed by atoms with Gasteiger partial charge in [-0.3, -0.25) is 9.69 Å². The van der Waals surface area contributed by atoms with Crippen LogP contribution in [0.5, 0.6) is 0 Å². The van der Waals surface area contributed by atoms with Gasteiger partial charge in [-0.1, -0.05) is 0 Å². The molecule has 2 unspecified atom stereocenters. The summed E-state index contributed by atoms with van der Waals surface area (Å²) in [7, 11) is 1.73. The molecule has 116 valence electrons. The molecule has 5 nitrogen and oxygen atoms in total. The van der Waals surface area contributed by atoms with Crippen LogP contribution >= 0.6 is 0 Å². The van der Waals surface area contributed by atoms with Gasteiger partial charge in [-0.2, -0.15) is 0 Å². The molecule has 0 aliphatic heterocycles. The van der Waals surface area contributed by atoms with Crippen LogP contribution in [-0.2, 0) is 9.53 Å². The van der Waals surface area contributed by atoms with E-state index in [2.05, 4.69) is 17.1 Å². The monoisotopic (exact) mass is 283 g/mol. The smallest absolute Gasteiger partial charge is 0.237 e. The number of rotatable bonds is 10. The van der Waals surface area contributed by atoms with Crippen molar-refractivity contribution in [2.24, 2.45) is 5.73 Å². The number of ether oxygens (including phenoxy) is 1. The van der Waals surface area contributed by atoms with Gasteiger partial charge in [0.05, 0.1) is 12.1 Å². The van der Waals surface area contributed by atoms with Crippen molar-refractivity contribution in [3.05, 3.63) is 0 Å². The molecule has 0 aromatic heterocycles.